The van der Waals surface area contributed by atoms with Crippen LogP contribution in [0.3, 0.4) is 0 Å². The Hall–Kier alpha value is -2.38. The average Bonchev–Trinajstić information content (AvgIpc) is 2.98. The van der Waals surface area contributed by atoms with E-state index in [1.54, 1.807) is 0 Å². The number of halogens is 2. The van der Waals surface area contributed by atoms with Crippen LogP contribution in [0.4, 0.5) is 4.39 Å². The van der Waals surface area contributed by atoms with Crippen molar-refractivity contribution in [3.05, 3.63) is 53.0 Å². The van der Waals surface area contributed by atoms with E-state index >= 15 is 4.39 Å². The molecule has 0 saturated carbocycles. The standard InChI is InChI=1S/C19H17ClFN2O7P/c1-3-12-8-23(11(2)22-17(12)25)18-15(24)7-19(21,29-18)10-28-31(26)27-9-13-6-14(20)4-5-16(13)30-31/h1,4-6,8,15,18,24H,2,7,9-10H2,(H,22,25)/t15-,18-,19+,31?/m1/s1/i10D2,18D. The summed E-state index contributed by atoms with van der Waals surface area (Å²) in [5.74, 6) is -2.45. The topological polar surface area (TPSA) is 107 Å². The first-order valence-electron chi connectivity index (χ1n) is 10.2. The third-order valence-corrected chi connectivity index (χ3v) is 5.79. The van der Waals surface area contributed by atoms with Crippen molar-refractivity contribution in [3.8, 4) is 18.1 Å². The highest BCUT2D eigenvalue weighted by Gasteiger charge is 2.51. The molecule has 4 atom stereocenters. The van der Waals surface area contributed by atoms with Crippen molar-refractivity contribution in [2.45, 2.75) is 31.2 Å². The minimum absolute atomic E-state index is 0.0252. The first-order chi connectivity index (χ1) is 15.7. The lowest BCUT2D eigenvalue weighted by Crippen LogP contribution is -2.46. The number of aliphatic hydroxyl groups excluding tert-OH is 1. The number of nitrogens with zero attached hydrogens (tertiary/aromatic N) is 1. The van der Waals surface area contributed by atoms with Crippen LogP contribution in [0.2, 0.25) is 5.02 Å². The molecule has 0 spiro atoms. The van der Waals surface area contributed by atoms with E-state index in [0.717, 1.165) is 11.1 Å². The third kappa shape index (κ3) is 4.34. The fourth-order valence-corrected chi connectivity index (χ4v) is 4.22. The minimum atomic E-state index is -4.71. The predicted octanol–water partition coefficient (Wildman–Crippen LogP) is 2.57. The molecule has 1 unspecified atom stereocenters. The van der Waals surface area contributed by atoms with Crippen LogP contribution in [-0.4, -0.2) is 40.6 Å². The predicted molar refractivity (Wildman–Crippen MR) is 106 cm³/mol. The van der Waals surface area contributed by atoms with E-state index in [9.17, 15) is 14.5 Å². The smallest absolute Gasteiger partial charge is 0.404 e. The molecule has 3 heterocycles. The van der Waals surface area contributed by atoms with Crippen LogP contribution >= 0.6 is 19.4 Å². The van der Waals surface area contributed by atoms with Gasteiger partial charge in [0.1, 0.15) is 29.8 Å². The van der Waals surface area contributed by atoms with Gasteiger partial charge in [-0.05, 0) is 18.2 Å². The van der Waals surface area contributed by atoms with E-state index in [1.807, 2.05) is 0 Å². The second-order valence-electron chi connectivity index (χ2n) is 6.60. The number of amides is 1. The summed E-state index contributed by atoms with van der Waals surface area (Å²) < 4.78 is 73.4. The van der Waals surface area contributed by atoms with E-state index in [-0.39, 0.29) is 23.8 Å². The Morgan fingerprint density at radius 3 is 3.16 bits per heavy atom. The molecule has 9 nitrogen and oxygen atoms in total. The van der Waals surface area contributed by atoms with Crippen LogP contribution in [0, 0.1) is 12.3 Å². The highest BCUT2D eigenvalue weighted by molar-refractivity contribution is 7.49. The van der Waals surface area contributed by atoms with Crippen molar-refractivity contribution in [1.82, 2.24) is 10.2 Å². The summed E-state index contributed by atoms with van der Waals surface area (Å²) in [5, 5.41) is 13.1. The summed E-state index contributed by atoms with van der Waals surface area (Å²) in [7, 11) is -4.71. The molecule has 4 rings (SSSR count). The van der Waals surface area contributed by atoms with Gasteiger partial charge in [0.05, 0.1) is 10.7 Å². The van der Waals surface area contributed by atoms with Gasteiger partial charge in [-0.1, -0.05) is 24.1 Å². The fraction of sp³-hybridized carbons (Fsp3) is 0.316. The second kappa shape index (κ2) is 7.95. The maximum atomic E-state index is 15.8. The molecule has 0 bridgehead atoms. The number of fused-ring (bicyclic) bond motifs is 1. The highest BCUT2D eigenvalue weighted by Crippen LogP contribution is 2.55. The van der Waals surface area contributed by atoms with Gasteiger partial charge in [0.15, 0.2) is 6.20 Å². The molecule has 0 aromatic heterocycles. The Morgan fingerprint density at radius 1 is 1.65 bits per heavy atom. The molecule has 1 aromatic carbocycles. The molecule has 164 valence electrons. The van der Waals surface area contributed by atoms with E-state index < -0.39 is 44.9 Å². The van der Waals surface area contributed by atoms with Gasteiger partial charge in [-0.3, -0.25) is 13.8 Å². The molecular formula is C19H17ClFN2O7P. The van der Waals surface area contributed by atoms with E-state index in [4.69, 9.17) is 40.4 Å². The van der Waals surface area contributed by atoms with Crippen LogP contribution in [0.15, 0.2) is 42.4 Å². The van der Waals surface area contributed by atoms with Crippen molar-refractivity contribution in [1.29, 1.82) is 0 Å². The normalized spacial score (nSPS) is 36.8. The number of terminal acetylenes is 1. The number of phosphoric ester groups is 1. The quantitative estimate of drug-likeness (QED) is 0.507. The van der Waals surface area contributed by atoms with Crippen molar-refractivity contribution in [3.63, 3.8) is 0 Å². The molecule has 1 amide bonds. The van der Waals surface area contributed by atoms with Gasteiger partial charge in [-0.2, -0.15) is 0 Å². The number of carbonyl (C=O) groups is 1. The molecule has 1 aromatic rings. The number of alkyl halides is 1. The number of rotatable bonds is 4. The largest absolute Gasteiger partial charge is 0.530 e. The average molecular weight is 474 g/mol. The Kier molecular flexibility index (Phi) is 4.67. The van der Waals surface area contributed by atoms with Crippen molar-refractivity contribution >= 4 is 25.3 Å². The van der Waals surface area contributed by atoms with Crippen molar-refractivity contribution in [2.24, 2.45) is 0 Å². The van der Waals surface area contributed by atoms with Crippen LogP contribution in [0.5, 0.6) is 5.75 Å². The van der Waals surface area contributed by atoms with Crippen LogP contribution in [0.1, 0.15) is 16.1 Å². The number of aliphatic hydroxyl groups is 1. The lowest BCUT2D eigenvalue weighted by molar-refractivity contribution is -0.184. The van der Waals surface area contributed by atoms with E-state index in [1.165, 1.54) is 18.2 Å². The fourth-order valence-electron chi connectivity index (χ4n) is 2.92. The summed E-state index contributed by atoms with van der Waals surface area (Å²) >= 11 is 5.87. The van der Waals surface area contributed by atoms with Crippen molar-refractivity contribution < 1.29 is 41.3 Å². The number of hydrogen-bond donors (Lipinski definition) is 2. The Morgan fingerprint density at radius 2 is 2.42 bits per heavy atom. The maximum Gasteiger partial charge on any atom is 0.530 e. The summed E-state index contributed by atoms with van der Waals surface area (Å²) in [5.41, 5.74) is 0.121. The highest BCUT2D eigenvalue weighted by atomic mass is 35.5. The molecule has 12 heteroatoms. The second-order valence-corrected chi connectivity index (χ2v) is 8.56. The number of nitrogens with one attached hydrogen (secondary N) is 1. The Bertz CT molecular complexity index is 1210. The summed E-state index contributed by atoms with van der Waals surface area (Å²) in [6.07, 6.45) is 0.300. The third-order valence-electron chi connectivity index (χ3n) is 4.37. The Labute approximate surface area is 186 Å². The SMILES string of the molecule is [2H]C([2H])(OP1(=O)OCc2cc(Cl)ccc2O1)[C@]1(F)C[C@@H](O)[C@]([2H])(N2C=C(C#C)C(=O)NC2=C)O1. The lowest BCUT2D eigenvalue weighted by atomic mass is 10.1. The van der Waals surface area contributed by atoms with Gasteiger partial charge < -0.3 is 24.6 Å². The first kappa shape index (κ1) is 18.2. The number of benzene rings is 1. The van der Waals surface area contributed by atoms with E-state index in [0.29, 0.717) is 10.6 Å². The van der Waals surface area contributed by atoms with Gasteiger partial charge in [-0.15, -0.1) is 6.42 Å². The minimum Gasteiger partial charge on any atom is -0.404 e. The van der Waals surface area contributed by atoms with Gasteiger partial charge in [0.25, 0.3) is 5.91 Å². The zero-order valence-electron chi connectivity index (χ0n) is 18.6. The molecule has 31 heavy (non-hydrogen) atoms. The van der Waals surface area contributed by atoms with Gasteiger partial charge in [-0.25, -0.2) is 8.96 Å². The molecule has 3 aliphatic heterocycles. The summed E-state index contributed by atoms with van der Waals surface area (Å²) in [6, 6.07) is 4.25. The lowest BCUT2D eigenvalue weighted by Gasteiger charge is -2.34. The summed E-state index contributed by atoms with van der Waals surface area (Å²) in [4.78, 5) is 12.6. The maximum absolute atomic E-state index is 15.8. The van der Waals surface area contributed by atoms with Gasteiger partial charge in [0, 0.05) is 23.2 Å². The number of phosphoric acid groups is 1. The van der Waals surface area contributed by atoms with Crippen LogP contribution in [-0.2, 0) is 29.8 Å². The molecule has 1 saturated heterocycles. The number of carbonyl (C=O) groups excluding carboxylic acids is 1. The zero-order valence-corrected chi connectivity index (χ0v) is 17.3. The molecule has 1 fully saturated rings. The van der Waals surface area contributed by atoms with Gasteiger partial charge >= 0.3 is 7.82 Å². The molecule has 0 aliphatic carbocycles. The monoisotopic (exact) mass is 473 g/mol. The van der Waals surface area contributed by atoms with Crippen LogP contribution < -0.4 is 9.84 Å². The summed E-state index contributed by atoms with van der Waals surface area (Å²) in [6.45, 7) is -0.369. The number of ether oxygens (including phenoxy) is 1. The van der Waals surface area contributed by atoms with E-state index in [2.05, 4.69) is 17.8 Å². The molecule has 3 aliphatic rings. The van der Waals surface area contributed by atoms with Crippen LogP contribution in [0.25, 0.3) is 0 Å². The zero-order chi connectivity index (χ0) is 25.1. The molecule has 2 N–H and O–H groups in total. The van der Waals surface area contributed by atoms with Gasteiger partial charge in [0.2, 0.25) is 5.85 Å². The Balaban J connectivity index is 1.59. The molecule has 0 radical (unpaired) electrons. The number of hydrogen-bond acceptors (Lipinski definition) is 8. The van der Waals surface area contributed by atoms with Crippen molar-refractivity contribution in [2.75, 3.05) is 6.56 Å². The molecular weight excluding hydrogens is 454 g/mol. The first-order valence-corrected chi connectivity index (χ1v) is 10.5.